The maximum atomic E-state index is 12.7. The van der Waals surface area contributed by atoms with Gasteiger partial charge >= 0.3 is 0 Å². The van der Waals surface area contributed by atoms with Crippen molar-refractivity contribution in [3.63, 3.8) is 0 Å². The third-order valence-corrected chi connectivity index (χ3v) is 3.06. The van der Waals surface area contributed by atoms with Gasteiger partial charge in [-0.15, -0.1) is 10.2 Å². The lowest BCUT2D eigenvalue weighted by Gasteiger charge is -2.15. The van der Waals surface area contributed by atoms with E-state index in [4.69, 9.17) is 5.26 Å². The molecule has 0 amide bonds. The van der Waals surface area contributed by atoms with Gasteiger partial charge in [-0.25, -0.2) is 0 Å². The number of aromatic nitrogens is 2. The molecule has 0 radical (unpaired) electrons. The van der Waals surface area contributed by atoms with Crippen molar-refractivity contribution in [1.82, 2.24) is 10.2 Å². The predicted octanol–water partition coefficient (Wildman–Crippen LogP) is 1.39. The van der Waals surface area contributed by atoms with Gasteiger partial charge in [-0.2, -0.15) is 5.26 Å². The summed E-state index contributed by atoms with van der Waals surface area (Å²) in [5.74, 6) is 1.14. The normalized spacial score (nSPS) is 24.4. The van der Waals surface area contributed by atoms with Crippen molar-refractivity contribution >= 4 is 5.82 Å². The molecule has 2 atom stereocenters. The van der Waals surface area contributed by atoms with Gasteiger partial charge in [-0.3, -0.25) is 4.39 Å². The minimum absolute atomic E-state index is 0.0810. The topological polar surface area (TPSA) is 52.8 Å². The van der Waals surface area contributed by atoms with E-state index in [-0.39, 0.29) is 12.6 Å². The zero-order valence-electron chi connectivity index (χ0n) is 9.10. The molecular weight excluding hydrogens is 207 g/mol. The van der Waals surface area contributed by atoms with E-state index in [9.17, 15) is 4.39 Å². The number of hydrogen-bond donors (Lipinski definition) is 0. The Hall–Kier alpha value is -1.70. The highest BCUT2D eigenvalue weighted by Gasteiger charge is 2.30. The van der Waals surface area contributed by atoms with Gasteiger partial charge in [0.05, 0.1) is 6.67 Å². The van der Waals surface area contributed by atoms with Crippen LogP contribution in [0.1, 0.15) is 12.6 Å². The monoisotopic (exact) mass is 220 g/mol. The Bertz CT molecular complexity index is 397. The molecule has 1 saturated heterocycles. The molecular formula is C11H13FN4. The smallest absolute Gasteiger partial charge is 0.163 e. The summed E-state index contributed by atoms with van der Waals surface area (Å²) in [4.78, 5) is 2.02. The molecule has 1 aliphatic rings. The lowest BCUT2D eigenvalue weighted by molar-refractivity contribution is 0.329. The van der Waals surface area contributed by atoms with Crippen LogP contribution in [0.15, 0.2) is 12.1 Å². The van der Waals surface area contributed by atoms with Crippen LogP contribution in [-0.4, -0.2) is 30.0 Å². The SMILES string of the molecule is C[C@@H]1CN(c2ccc(C#N)nn2)C[C@@H]1CF. The lowest BCUT2D eigenvalue weighted by Crippen LogP contribution is -2.21. The number of hydrogen-bond acceptors (Lipinski definition) is 4. The first-order valence-corrected chi connectivity index (χ1v) is 5.29. The van der Waals surface area contributed by atoms with Crippen LogP contribution in [0.25, 0.3) is 0 Å². The molecule has 0 spiro atoms. The summed E-state index contributed by atoms with van der Waals surface area (Å²) in [6.07, 6.45) is 0. The number of nitriles is 1. The van der Waals surface area contributed by atoms with Crippen LogP contribution in [0.3, 0.4) is 0 Å². The van der Waals surface area contributed by atoms with E-state index in [1.807, 2.05) is 17.9 Å². The van der Waals surface area contributed by atoms with E-state index < -0.39 is 0 Å². The summed E-state index contributed by atoms with van der Waals surface area (Å²) in [5.41, 5.74) is 0.304. The van der Waals surface area contributed by atoms with E-state index in [1.165, 1.54) is 0 Å². The first-order chi connectivity index (χ1) is 7.74. The van der Waals surface area contributed by atoms with Gasteiger partial charge in [0, 0.05) is 19.0 Å². The van der Waals surface area contributed by atoms with Crippen molar-refractivity contribution in [3.05, 3.63) is 17.8 Å². The lowest BCUT2D eigenvalue weighted by atomic mass is 10.0. The first-order valence-electron chi connectivity index (χ1n) is 5.29. The third kappa shape index (κ3) is 1.96. The second kappa shape index (κ2) is 4.44. The fourth-order valence-electron chi connectivity index (χ4n) is 1.98. The molecule has 5 heteroatoms. The summed E-state index contributed by atoms with van der Waals surface area (Å²) in [6, 6.07) is 5.32. The fourth-order valence-corrected chi connectivity index (χ4v) is 1.98. The average molecular weight is 220 g/mol. The molecule has 84 valence electrons. The first kappa shape index (κ1) is 10.8. The number of anilines is 1. The molecule has 0 N–H and O–H groups in total. The van der Waals surface area contributed by atoms with Crippen molar-refractivity contribution in [3.8, 4) is 6.07 Å². The van der Waals surface area contributed by atoms with Crippen molar-refractivity contribution in [1.29, 1.82) is 5.26 Å². The zero-order valence-corrected chi connectivity index (χ0v) is 9.10. The summed E-state index contributed by atoms with van der Waals surface area (Å²) in [7, 11) is 0. The highest BCUT2D eigenvalue weighted by atomic mass is 19.1. The van der Waals surface area contributed by atoms with Gasteiger partial charge in [-0.05, 0) is 18.1 Å². The van der Waals surface area contributed by atoms with Crippen LogP contribution in [0, 0.1) is 23.2 Å². The Morgan fingerprint density at radius 3 is 2.81 bits per heavy atom. The molecule has 4 nitrogen and oxygen atoms in total. The molecule has 0 bridgehead atoms. The molecule has 1 aromatic rings. The van der Waals surface area contributed by atoms with E-state index in [1.54, 1.807) is 12.1 Å². The van der Waals surface area contributed by atoms with E-state index in [2.05, 4.69) is 10.2 Å². The molecule has 2 rings (SSSR count). The van der Waals surface area contributed by atoms with Crippen molar-refractivity contribution in [2.75, 3.05) is 24.7 Å². The van der Waals surface area contributed by atoms with Gasteiger partial charge < -0.3 is 4.90 Å². The van der Waals surface area contributed by atoms with Crippen LogP contribution >= 0.6 is 0 Å². The maximum absolute atomic E-state index is 12.7. The van der Waals surface area contributed by atoms with Gasteiger partial charge in [-0.1, -0.05) is 6.92 Å². The average Bonchev–Trinajstić information content (AvgIpc) is 2.71. The maximum Gasteiger partial charge on any atom is 0.163 e. The summed E-state index contributed by atoms with van der Waals surface area (Å²) < 4.78 is 12.7. The summed E-state index contributed by atoms with van der Waals surface area (Å²) in [6.45, 7) is 3.23. The summed E-state index contributed by atoms with van der Waals surface area (Å²) in [5, 5.41) is 16.3. The van der Waals surface area contributed by atoms with Crippen molar-refractivity contribution in [2.24, 2.45) is 11.8 Å². The Kier molecular flexibility index (Phi) is 3.00. The van der Waals surface area contributed by atoms with Crippen LogP contribution in [0.5, 0.6) is 0 Å². The predicted molar refractivity (Wildman–Crippen MR) is 57.6 cm³/mol. The molecule has 16 heavy (non-hydrogen) atoms. The van der Waals surface area contributed by atoms with E-state index >= 15 is 0 Å². The second-order valence-electron chi connectivity index (χ2n) is 4.19. The van der Waals surface area contributed by atoms with Crippen LogP contribution in [0.2, 0.25) is 0 Å². The standard InChI is InChI=1S/C11H13FN4/c1-8-6-16(7-9(8)4-12)11-3-2-10(5-13)14-15-11/h2-3,8-9H,4,6-7H2,1H3/t8-,9+/m1/s1. The Balaban J connectivity index is 2.11. The van der Waals surface area contributed by atoms with E-state index in [0.717, 1.165) is 12.4 Å². The number of rotatable bonds is 2. The zero-order chi connectivity index (χ0) is 11.5. The molecule has 0 aromatic carbocycles. The molecule has 1 aromatic heterocycles. The number of nitrogens with zero attached hydrogens (tertiary/aromatic N) is 4. The second-order valence-corrected chi connectivity index (χ2v) is 4.19. The Morgan fingerprint density at radius 2 is 2.31 bits per heavy atom. The minimum atomic E-state index is -0.290. The largest absolute Gasteiger partial charge is 0.354 e. The molecule has 0 unspecified atom stereocenters. The molecule has 2 heterocycles. The quantitative estimate of drug-likeness (QED) is 0.755. The van der Waals surface area contributed by atoms with Crippen molar-refractivity contribution in [2.45, 2.75) is 6.92 Å². The molecule has 0 saturated carbocycles. The fraction of sp³-hybridized carbons (Fsp3) is 0.545. The summed E-state index contributed by atoms with van der Waals surface area (Å²) >= 11 is 0. The molecule has 1 fully saturated rings. The van der Waals surface area contributed by atoms with Gasteiger partial charge in [0.15, 0.2) is 11.5 Å². The van der Waals surface area contributed by atoms with Gasteiger partial charge in [0.1, 0.15) is 6.07 Å². The van der Waals surface area contributed by atoms with E-state index in [0.29, 0.717) is 18.2 Å². The van der Waals surface area contributed by atoms with Crippen LogP contribution < -0.4 is 4.90 Å². The number of alkyl halides is 1. The van der Waals surface area contributed by atoms with Gasteiger partial charge in [0.2, 0.25) is 0 Å². The highest BCUT2D eigenvalue weighted by Crippen LogP contribution is 2.26. The van der Waals surface area contributed by atoms with Crippen LogP contribution in [-0.2, 0) is 0 Å². The highest BCUT2D eigenvalue weighted by molar-refractivity contribution is 5.40. The minimum Gasteiger partial charge on any atom is -0.354 e. The van der Waals surface area contributed by atoms with Crippen molar-refractivity contribution < 1.29 is 4.39 Å². The third-order valence-electron chi connectivity index (χ3n) is 3.06. The Morgan fingerprint density at radius 1 is 1.50 bits per heavy atom. The number of halogens is 1. The van der Waals surface area contributed by atoms with Gasteiger partial charge in [0.25, 0.3) is 0 Å². The molecule has 1 aliphatic heterocycles. The van der Waals surface area contributed by atoms with Crippen LogP contribution in [0.4, 0.5) is 10.2 Å². The molecule has 0 aliphatic carbocycles. The Labute approximate surface area is 93.7 Å².